The summed E-state index contributed by atoms with van der Waals surface area (Å²) in [6.45, 7) is 3.84. The summed E-state index contributed by atoms with van der Waals surface area (Å²) in [6, 6.07) is 12.5. The molecule has 6 heteroatoms. The highest BCUT2D eigenvalue weighted by Gasteiger charge is 2.24. The molecule has 1 heterocycles. The number of benzene rings is 2. The van der Waals surface area contributed by atoms with E-state index in [0.717, 1.165) is 5.56 Å². The number of aromatic nitrogens is 2. The molecular weight excluding hydrogens is 326 g/mol. The number of carbonyl (C=O) groups excluding carboxylic acids is 1. The molecule has 0 radical (unpaired) electrons. The van der Waals surface area contributed by atoms with Crippen molar-refractivity contribution in [3.63, 3.8) is 0 Å². The summed E-state index contributed by atoms with van der Waals surface area (Å²) in [5.74, 6) is -0.212. The van der Waals surface area contributed by atoms with Crippen molar-refractivity contribution in [2.45, 2.75) is 19.4 Å². The number of hydrogen-bond donors (Lipinski definition) is 2. The zero-order chi connectivity index (χ0) is 17.5. The van der Waals surface area contributed by atoms with Crippen molar-refractivity contribution in [3.05, 3.63) is 69.1 Å². The fraction of sp³-hybridized carbons (Fsp3) is 0.222. The van der Waals surface area contributed by atoms with Crippen molar-refractivity contribution in [1.29, 1.82) is 0 Å². The zero-order valence-corrected chi connectivity index (χ0v) is 14.4. The third-order valence-electron chi connectivity index (χ3n) is 4.14. The van der Waals surface area contributed by atoms with Crippen LogP contribution >= 0.6 is 11.6 Å². The Hall–Kier alpha value is -2.53. The Labute approximate surface area is 144 Å². The molecule has 1 aromatic heterocycles. The van der Waals surface area contributed by atoms with E-state index in [0.29, 0.717) is 21.6 Å². The molecule has 0 saturated heterocycles. The van der Waals surface area contributed by atoms with E-state index < -0.39 is 5.54 Å². The Morgan fingerprint density at radius 3 is 2.67 bits per heavy atom. The standard InChI is InChI=1S/C18H18ClN3O2/c1-18(2,12-5-4-6-13(19)10-12)21-16(23)11-7-8-14-15(9-11)22(3)17(24)20-14/h4-10H,1-3H3,(H,20,24)(H,21,23). The fourth-order valence-electron chi connectivity index (χ4n) is 2.67. The van der Waals surface area contributed by atoms with Gasteiger partial charge in [0, 0.05) is 17.6 Å². The normalized spacial score (nSPS) is 11.7. The number of rotatable bonds is 3. The molecule has 2 N–H and O–H groups in total. The van der Waals surface area contributed by atoms with Crippen LogP contribution in [0, 0.1) is 0 Å². The van der Waals surface area contributed by atoms with Crippen LogP contribution in [0.15, 0.2) is 47.3 Å². The van der Waals surface area contributed by atoms with E-state index in [2.05, 4.69) is 10.3 Å². The highest BCUT2D eigenvalue weighted by atomic mass is 35.5. The van der Waals surface area contributed by atoms with Crippen molar-refractivity contribution in [3.8, 4) is 0 Å². The lowest BCUT2D eigenvalue weighted by atomic mass is 9.94. The quantitative estimate of drug-likeness (QED) is 0.767. The molecule has 2 aromatic carbocycles. The summed E-state index contributed by atoms with van der Waals surface area (Å²) in [6.07, 6.45) is 0. The molecule has 0 aliphatic heterocycles. The topological polar surface area (TPSA) is 66.9 Å². The summed E-state index contributed by atoms with van der Waals surface area (Å²) in [5.41, 5.74) is 2.01. The van der Waals surface area contributed by atoms with Crippen LogP contribution in [0.25, 0.3) is 11.0 Å². The summed E-state index contributed by atoms with van der Waals surface area (Å²) in [4.78, 5) is 27.0. The molecule has 0 fully saturated rings. The predicted octanol–water partition coefficient (Wildman–Crippen LogP) is 3.19. The van der Waals surface area contributed by atoms with Gasteiger partial charge in [-0.15, -0.1) is 0 Å². The fourth-order valence-corrected chi connectivity index (χ4v) is 2.86. The average molecular weight is 344 g/mol. The van der Waals surface area contributed by atoms with E-state index in [9.17, 15) is 9.59 Å². The van der Waals surface area contributed by atoms with Crippen LogP contribution in [0.4, 0.5) is 0 Å². The van der Waals surface area contributed by atoms with Crippen LogP contribution in [0.2, 0.25) is 5.02 Å². The van der Waals surface area contributed by atoms with Crippen LogP contribution in [0.5, 0.6) is 0 Å². The van der Waals surface area contributed by atoms with Gasteiger partial charge in [0.15, 0.2) is 0 Å². The van der Waals surface area contributed by atoms with E-state index >= 15 is 0 Å². The molecule has 0 atom stereocenters. The minimum absolute atomic E-state index is 0.207. The number of nitrogens with zero attached hydrogens (tertiary/aromatic N) is 1. The molecule has 124 valence electrons. The number of carbonyl (C=O) groups is 1. The van der Waals surface area contributed by atoms with Crippen molar-refractivity contribution in [2.75, 3.05) is 0 Å². The minimum Gasteiger partial charge on any atom is -0.343 e. The molecule has 1 amide bonds. The van der Waals surface area contributed by atoms with Gasteiger partial charge in [0.05, 0.1) is 16.6 Å². The number of nitrogens with one attached hydrogen (secondary N) is 2. The lowest BCUT2D eigenvalue weighted by molar-refractivity contribution is 0.0912. The Morgan fingerprint density at radius 2 is 1.96 bits per heavy atom. The van der Waals surface area contributed by atoms with Crippen molar-refractivity contribution in [2.24, 2.45) is 7.05 Å². The van der Waals surface area contributed by atoms with E-state index in [1.165, 1.54) is 4.57 Å². The monoisotopic (exact) mass is 343 g/mol. The first-order valence-corrected chi connectivity index (χ1v) is 7.93. The maximum absolute atomic E-state index is 12.6. The third kappa shape index (κ3) is 2.95. The molecule has 5 nitrogen and oxygen atoms in total. The summed E-state index contributed by atoms with van der Waals surface area (Å²) < 4.78 is 1.48. The van der Waals surface area contributed by atoms with Gasteiger partial charge in [0.25, 0.3) is 5.91 Å². The summed E-state index contributed by atoms with van der Waals surface area (Å²) in [5, 5.41) is 3.64. The van der Waals surface area contributed by atoms with E-state index in [-0.39, 0.29) is 11.6 Å². The van der Waals surface area contributed by atoms with Crippen molar-refractivity contribution in [1.82, 2.24) is 14.9 Å². The van der Waals surface area contributed by atoms with Gasteiger partial charge in [-0.3, -0.25) is 9.36 Å². The van der Waals surface area contributed by atoms with Crippen LogP contribution in [-0.4, -0.2) is 15.5 Å². The number of amides is 1. The predicted molar refractivity (Wildman–Crippen MR) is 95.5 cm³/mol. The van der Waals surface area contributed by atoms with E-state index in [1.807, 2.05) is 32.0 Å². The van der Waals surface area contributed by atoms with Gasteiger partial charge in [-0.1, -0.05) is 23.7 Å². The number of halogens is 1. The Balaban J connectivity index is 1.91. The molecule has 0 unspecified atom stereocenters. The lowest BCUT2D eigenvalue weighted by Crippen LogP contribution is -2.41. The van der Waals surface area contributed by atoms with Gasteiger partial charge < -0.3 is 10.3 Å². The van der Waals surface area contributed by atoms with Crippen LogP contribution in [-0.2, 0) is 12.6 Å². The Morgan fingerprint density at radius 1 is 1.21 bits per heavy atom. The first-order valence-electron chi connectivity index (χ1n) is 7.55. The lowest BCUT2D eigenvalue weighted by Gasteiger charge is -2.27. The van der Waals surface area contributed by atoms with E-state index in [4.69, 9.17) is 11.6 Å². The van der Waals surface area contributed by atoms with Gasteiger partial charge in [0.1, 0.15) is 0 Å². The van der Waals surface area contributed by atoms with Gasteiger partial charge in [0.2, 0.25) is 0 Å². The van der Waals surface area contributed by atoms with Crippen molar-refractivity contribution < 1.29 is 4.79 Å². The SMILES string of the molecule is Cn1c(=O)[nH]c2ccc(C(=O)NC(C)(C)c3cccc(Cl)c3)cc21. The maximum atomic E-state index is 12.6. The van der Waals surface area contributed by atoms with Crippen LogP contribution in [0.3, 0.4) is 0 Å². The first-order chi connectivity index (χ1) is 11.3. The minimum atomic E-state index is -0.582. The van der Waals surface area contributed by atoms with E-state index in [1.54, 1.807) is 31.3 Å². The second kappa shape index (κ2) is 5.83. The van der Waals surface area contributed by atoms with Gasteiger partial charge in [-0.05, 0) is 49.7 Å². The molecule has 0 aliphatic rings. The largest absolute Gasteiger partial charge is 0.343 e. The molecule has 3 aromatic rings. The summed E-state index contributed by atoms with van der Waals surface area (Å²) >= 11 is 6.04. The van der Waals surface area contributed by atoms with Crippen LogP contribution < -0.4 is 11.0 Å². The number of H-pyrrole nitrogens is 1. The molecule has 0 spiro atoms. The number of aromatic amines is 1. The Bertz CT molecular complexity index is 985. The molecule has 0 saturated carbocycles. The highest BCUT2D eigenvalue weighted by Crippen LogP contribution is 2.24. The van der Waals surface area contributed by atoms with Gasteiger partial charge >= 0.3 is 5.69 Å². The molecule has 0 aliphatic carbocycles. The zero-order valence-electron chi connectivity index (χ0n) is 13.7. The van der Waals surface area contributed by atoms with Gasteiger partial charge in [-0.25, -0.2) is 4.79 Å². The molecule has 0 bridgehead atoms. The number of hydrogen-bond acceptors (Lipinski definition) is 2. The maximum Gasteiger partial charge on any atom is 0.326 e. The second-order valence-corrected chi connectivity index (χ2v) is 6.75. The first kappa shape index (κ1) is 16.3. The molecule has 24 heavy (non-hydrogen) atoms. The second-order valence-electron chi connectivity index (χ2n) is 6.31. The summed E-state index contributed by atoms with van der Waals surface area (Å²) in [7, 11) is 1.67. The van der Waals surface area contributed by atoms with Crippen molar-refractivity contribution >= 4 is 28.5 Å². The third-order valence-corrected chi connectivity index (χ3v) is 4.37. The molecule has 3 rings (SSSR count). The van der Waals surface area contributed by atoms with Crippen LogP contribution in [0.1, 0.15) is 29.8 Å². The molecular formula is C18H18ClN3O2. The number of fused-ring (bicyclic) bond motifs is 1. The highest BCUT2D eigenvalue weighted by molar-refractivity contribution is 6.30. The number of imidazole rings is 1. The Kier molecular flexibility index (Phi) is 3.97. The number of aryl methyl sites for hydroxylation is 1. The van der Waals surface area contributed by atoms with Gasteiger partial charge in [-0.2, -0.15) is 0 Å². The average Bonchev–Trinajstić information content (AvgIpc) is 2.81. The smallest absolute Gasteiger partial charge is 0.326 e.